The lowest BCUT2D eigenvalue weighted by molar-refractivity contribution is -0.114. The van der Waals surface area contributed by atoms with Crippen LogP contribution in [0.15, 0.2) is 53.7 Å². The van der Waals surface area contributed by atoms with E-state index >= 15 is 0 Å². The van der Waals surface area contributed by atoms with Gasteiger partial charge in [-0.1, -0.05) is 36.0 Å². The van der Waals surface area contributed by atoms with E-state index < -0.39 is 21.8 Å². The highest BCUT2D eigenvalue weighted by Crippen LogP contribution is 2.26. The highest BCUT2D eigenvalue weighted by Gasteiger charge is 2.27. The van der Waals surface area contributed by atoms with Crippen LogP contribution < -0.4 is 14.8 Å². The Bertz CT molecular complexity index is 1420. The van der Waals surface area contributed by atoms with Crippen LogP contribution in [0.3, 0.4) is 0 Å². The lowest BCUT2D eigenvalue weighted by atomic mass is 10.2. The van der Waals surface area contributed by atoms with Gasteiger partial charge in [-0.05, 0) is 23.8 Å². The van der Waals surface area contributed by atoms with E-state index in [4.69, 9.17) is 4.74 Å². The van der Waals surface area contributed by atoms with Crippen LogP contribution >= 0.6 is 11.8 Å². The number of carbonyl (C=O) groups excluding carboxylic acids is 1. The molecule has 39 heavy (non-hydrogen) atoms. The summed E-state index contributed by atoms with van der Waals surface area (Å²) in [6.45, 7) is 3.72. The van der Waals surface area contributed by atoms with Crippen molar-refractivity contribution < 1.29 is 26.7 Å². The van der Waals surface area contributed by atoms with Crippen molar-refractivity contribution in [2.24, 2.45) is 0 Å². The largest absolute Gasteiger partial charge is 0.481 e. The number of amides is 1. The zero-order valence-electron chi connectivity index (χ0n) is 21.4. The minimum absolute atomic E-state index is 0.00533. The summed E-state index contributed by atoms with van der Waals surface area (Å²) in [6.07, 6.45) is 0. The van der Waals surface area contributed by atoms with E-state index in [9.17, 15) is 22.0 Å². The fourth-order valence-corrected chi connectivity index (χ4v) is 5.87. The number of methoxy groups -OCH3 is 1. The number of hydrogen-bond donors (Lipinski definition) is 2. The number of anilines is 2. The van der Waals surface area contributed by atoms with Crippen LogP contribution in [-0.2, 0) is 27.3 Å². The van der Waals surface area contributed by atoms with Gasteiger partial charge in [0.25, 0.3) is 0 Å². The van der Waals surface area contributed by atoms with Gasteiger partial charge in [0.1, 0.15) is 5.82 Å². The summed E-state index contributed by atoms with van der Waals surface area (Å²) in [5, 5.41) is 2.87. The van der Waals surface area contributed by atoms with E-state index in [1.165, 1.54) is 36.5 Å². The third-order valence-corrected chi connectivity index (χ3v) is 8.27. The van der Waals surface area contributed by atoms with Crippen LogP contribution in [0.25, 0.3) is 0 Å². The van der Waals surface area contributed by atoms with Crippen molar-refractivity contribution in [1.82, 2.24) is 19.2 Å². The van der Waals surface area contributed by atoms with Gasteiger partial charge >= 0.3 is 10.2 Å². The van der Waals surface area contributed by atoms with Crippen molar-refractivity contribution in [3.8, 4) is 5.88 Å². The lowest BCUT2D eigenvalue weighted by Gasteiger charge is -2.33. The Hall–Kier alpha value is -3.33. The molecule has 2 heterocycles. The van der Waals surface area contributed by atoms with E-state index in [2.05, 4.69) is 24.9 Å². The topological polar surface area (TPSA) is 117 Å². The van der Waals surface area contributed by atoms with Gasteiger partial charge in [0.05, 0.1) is 7.11 Å². The number of benzene rings is 2. The molecule has 14 heteroatoms. The summed E-state index contributed by atoms with van der Waals surface area (Å²) in [6, 6.07) is 12.8. The molecule has 2 aromatic carbocycles. The third kappa shape index (κ3) is 7.85. The Labute approximate surface area is 230 Å². The van der Waals surface area contributed by atoms with Gasteiger partial charge < -0.3 is 10.1 Å². The first-order chi connectivity index (χ1) is 18.6. The number of halogens is 2. The molecule has 1 aliphatic rings. The maximum Gasteiger partial charge on any atom is 0.302 e. The first-order valence-electron chi connectivity index (χ1n) is 12.0. The summed E-state index contributed by atoms with van der Waals surface area (Å²) in [5.41, 5.74) is 1.90. The third-order valence-electron chi connectivity index (χ3n) is 5.86. The molecular formula is C25H28F2N6O4S2. The molecule has 0 aliphatic carbocycles. The molecule has 0 bridgehead atoms. The number of aromatic nitrogens is 2. The van der Waals surface area contributed by atoms with Crippen molar-refractivity contribution in [3.63, 3.8) is 0 Å². The molecule has 1 amide bonds. The highest BCUT2D eigenvalue weighted by atomic mass is 32.2. The van der Waals surface area contributed by atoms with Gasteiger partial charge in [-0.15, -0.1) is 0 Å². The Kier molecular flexibility index (Phi) is 9.32. The number of hydrogen-bond acceptors (Lipinski definition) is 8. The molecule has 0 atom stereocenters. The molecular weight excluding hydrogens is 550 g/mol. The summed E-state index contributed by atoms with van der Waals surface area (Å²) >= 11 is 1.02. The van der Waals surface area contributed by atoms with Crippen molar-refractivity contribution in [3.05, 3.63) is 71.3 Å². The molecule has 208 valence electrons. The van der Waals surface area contributed by atoms with Gasteiger partial charge in [0.2, 0.25) is 11.8 Å². The van der Waals surface area contributed by atoms with Crippen LogP contribution in [0, 0.1) is 11.6 Å². The fraction of sp³-hybridized carbons (Fsp3) is 0.320. The SMILES string of the molecule is COc1cc(NS(=O)(=O)N2CCN(Cc3ccc(NC(C)=O)cc3)CC2)nc(SCc2cccc(F)c2F)n1. The Morgan fingerprint density at radius 1 is 1.08 bits per heavy atom. The number of nitrogens with one attached hydrogen (secondary N) is 2. The maximum absolute atomic E-state index is 14.0. The van der Waals surface area contributed by atoms with Crippen molar-refractivity contribution >= 4 is 39.4 Å². The summed E-state index contributed by atoms with van der Waals surface area (Å²) in [5.74, 6) is -1.86. The zero-order valence-corrected chi connectivity index (χ0v) is 23.0. The summed E-state index contributed by atoms with van der Waals surface area (Å²) in [4.78, 5) is 21.7. The molecule has 2 N–H and O–H groups in total. The quantitative estimate of drug-likeness (QED) is 0.278. The molecule has 4 rings (SSSR count). The van der Waals surface area contributed by atoms with Gasteiger partial charge in [0.15, 0.2) is 16.8 Å². The van der Waals surface area contributed by atoms with Crippen LogP contribution in [0.4, 0.5) is 20.3 Å². The van der Waals surface area contributed by atoms with E-state index in [0.29, 0.717) is 19.6 Å². The number of rotatable bonds is 10. The van der Waals surface area contributed by atoms with Crippen LogP contribution in [0.5, 0.6) is 5.88 Å². The molecule has 0 radical (unpaired) electrons. The van der Waals surface area contributed by atoms with Crippen molar-refractivity contribution in [2.75, 3.05) is 43.3 Å². The van der Waals surface area contributed by atoms with Gasteiger partial charge in [-0.3, -0.25) is 14.4 Å². The molecule has 1 fully saturated rings. The Morgan fingerprint density at radius 3 is 2.46 bits per heavy atom. The molecule has 0 unspecified atom stereocenters. The number of ether oxygens (including phenoxy) is 1. The van der Waals surface area contributed by atoms with Crippen molar-refractivity contribution in [1.29, 1.82) is 0 Å². The number of nitrogens with zero attached hydrogens (tertiary/aromatic N) is 4. The lowest BCUT2D eigenvalue weighted by Crippen LogP contribution is -2.49. The zero-order chi connectivity index (χ0) is 28.0. The second kappa shape index (κ2) is 12.7. The van der Waals surface area contributed by atoms with E-state index in [1.807, 2.05) is 24.3 Å². The second-order valence-corrected chi connectivity index (χ2v) is 11.4. The molecule has 10 nitrogen and oxygen atoms in total. The van der Waals surface area contributed by atoms with Crippen LogP contribution in [0.1, 0.15) is 18.1 Å². The molecule has 0 spiro atoms. The van der Waals surface area contributed by atoms with Crippen LogP contribution in [-0.4, -0.2) is 66.8 Å². The van der Waals surface area contributed by atoms with Gasteiger partial charge in [-0.2, -0.15) is 17.7 Å². The van der Waals surface area contributed by atoms with Gasteiger partial charge in [-0.25, -0.2) is 13.8 Å². The summed E-state index contributed by atoms with van der Waals surface area (Å²) < 4.78 is 62.6. The number of piperazine rings is 1. The van der Waals surface area contributed by atoms with E-state index in [1.54, 1.807) is 0 Å². The normalized spacial score (nSPS) is 14.7. The average molecular weight is 579 g/mol. The first kappa shape index (κ1) is 28.7. The Balaban J connectivity index is 1.35. The molecule has 0 saturated carbocycles. The summed E-state index contributed by atoms with van der Waals surface area (Å²) in [7, 11) is -2.54. The molecule has 1 aliphatic heterocycles. The predicted octanol–water partition coefficient (Wildman–Crippen LogP) is 3.49. The second-order valence-electron chi connectivity index (χ2n) is 8.74. The monoisotopic (exact) mass is 578 g/mol. The van der Waals surface area contributed by atoms with E-state index in [0.717, 1.165) is 29.1 Å². The average Bonchev–Trinajstić information content (AvgIpc) is 2.90. The smallest absolute Gasteiger partial charge is 0.302 e. The molecule has 1 aromatic heterocycles. The standard InChI is InChI=1S/C25H28F2N6O4S2/c1-17(34)28-20-8-6-18(7-9-20)15-32-10-12-33(13-11-32)39(35,36)31-22-14-23(37-2)30-25(29-22)38-16-19-4-3-5-21(26)24(19)27/h3-9,14H,10-13,15-16H2,1-2H3,(H,28,34)(H,29,30,31). The molecule has 1 saturated heterocycles. The minimum Gasteiger partial charge on any atom is -0.481 e. The minimum atomic E-state index is -3.92. The predicted molar refractivity (Wildman–Crippen MR) is 145 cm³/mol. The fourth-order valence-electron chi connectivity index (χ4n) is 3.91. The number of thioether (sulfide) groups is 1. The highest BCUT2D eigenvalue weighted by molar-refractivity contribution is 7.98. The van der Waals surface area contributed by atoms with E-state index in [-0.39, 0.29) is 47.2 Å². The Morgan fingerprint density at radius 2 is 1.79 bits per heavy atom. The van der Waals surface area contributed by atoms with Crippen molar-refractivity contribution in [2.45, 2.75) is 24.4 Å². The van der Waals surface area contributed by atoms with Crippen LogP contribution in [0.2, 0.25) is 0 Å². The maximum atomic E-state index is 14.0. The molecule has 3 aromatic rings. The van der Waals surface area contributed by atoms with Gasteiger partial charge in [0, 0.05) is 62.7 Å². The first-order valence-corrected chi connectivity index (χ1v) is 14.4. The number of carbonyl (C=O) groups is 1.